The van der Waals surface area contributed by atoms with Gasteiger partial charge in [-0.05, 0) is 70.0 Å². The number of carbonyl (C=O) groups is 2. The van der Waals surface area contributed by atoms with Crippen molar-refractivity contribution in [3.8, 4) is 11.6 Å². The minimum absolute atomic E-state index is 0.00147. The minimum Gasteiger partial charge on any atom is -0.438 e. The average molecular weight is 565 g/mol. The molecule has 4 N–H and O–H groups in total. The molecule has 0 spiro atoms. The molecule has 1 aliphatic heterocycles. The quantitative estimate of drug-likeness (QED) is 0.318. The van der Waals surface area contributed by atoms with Crippen molar-refractivity contribution in [3.63, 3.8) is 0 Å². The zero-order valence-corrected chi connectivity index (χ0v) is 24.0. The van der Waals surface area contributed by atoms with Gasteiger partial charge in [-0.15, -0.1) is 3.89 Å². The Labute approximate surface area is 234 Å². The number of hydrogen-bond donors (Lipinski definition) is 2. The molecule has 0 saturated heterocycles. The van der Waals surface area contributed by atoms with Crippen LogP contribution in [-0.2, 0) is 14.8 Å². The molecule has 10 nitrogen and oxygen atoms in total. The van der Waals surface area contributed by atoms with Crippen molar-refractivity contribution in [1.82, 2.24) is 9.97 Å². The van der Waals surface area contributed by atoms with Gasteiger partial charge in [0.1, 0.15) is 23.7 Å². The molecule has 210 valence electrons. The van der Waals surface area contributed by atoms with Gasteiger partial charge >= 0.3 is 15.9 Å². The van der Waals surface area contributed by atoms with Gasteiger partial charge in [0.2, 0.25) is 10.9 Å². The van der Waals surface area contributed by atoms with Crippen molar-refractivity contribution < 1.29 is 26.6 Å². The van der Waals surface area contributed by atoms with Crippen LogP contribution in [0.2, 0.25) is 0 Å². The van der Waals surface area contributed by atoms with E-state index < -0.39 is 37.7 Å². The Balaban J connectivity index is 1.99. The SMILES string of the molecule is Cc1cc(C)c(Oc2nccc(C3C=CCC[N+]3(C(=O)C(C)C)S(=O)(=O)c3cccc(N)n3)c2C(N)=O)c(C)c1. The summed E-state index contributed by atoms with van der Waals surface area (Å²) >= 11 is 0. The maximum atomic E-state index is 14.4. The Hall–Kier alpha value is -4.09. The van der Waals surface area contributed by atoms with Gasteiger partial charge in [0.15, 0.2) is 6.04 Å². The molecule has 4 rings (SSSR count). The zero-order chi connectivity index (χ0) is 29.4. The number of aryl methyl sites for hydroxylation is 3. The van der Waals surface area contributed by atoms with Crippen molar-refractivity contribution in [2.24, 2.45) is 11.7 Å². The molecule has 2 unspecified atom stereocenters. The van der Waals surface area contributed by atoms with Gasteiger partial charge in [-0.1, -0.05) is 29.8 Å². The summed E-state index contributed by atoms with van der Waals surface area (Å²) in [5.41, 5.74) is 14.5. The molecule has 2 atom stereocenters. The monoisotopic (exact) mass is 564 g/mol. The fourth-order valence-electron chi connectivity index (χ4n) is 5.36. The number of amides is 2. The van der Waals surface area contributed by atoms with Crippen LogP contribution in [0, 0.1) is 26.7 Å². The normalized spacial score (nSPS) is 19.0. The van der Waals surface area contributed by atoms with Gasteiger partial charge in [-0.3, -0.25) is 4.79 Å². The Kier molecular flexibility index (Phi) is 7.82. The molecule has 0 radical (unpaired) electrons. The van der Waals surface area contributed by atoms with Gasteiger partial charge in [-0.2, -0.15) is 8.42 Å². The second-order valence-corrected chi connectivity index (χ2v) is 12.3. The molecular formula is C29H34N5O5S+. The summed E-state index contributed by atoms with van der Waals surface area (Å²) in [5, 5.41) is -0.334. The molecule has 11 heteroatoms. The van der Waals surface area contributed by atoms with Crippen LogP contribution in [0.1, 0.15) is 58.9 Å². The molecule has 2 aromatic heterocycles. The molecule has 1 aliphatic rings. The number of nitrogen functional groups attached to an aromatic ring is 1. The lowest BCUT2D eigenvalue weighted by molar-refractivity contribution is -0.759. The van der Waals surface area contributed by atoms with E-state index in [1.165, 1.54) is 30.5 Å². The summed E-state index contributed by atoms with van der Waals surface area (Å²) in [6.07, 6.45) is 5.13. The van der Waals surface area contributed by atoms with Crippen LogP contribution in [0.15, 0.2) is 59.8 Å². The third-order valence-corrected chi connectivity index (χ3v) is 9.22. The predicted molar refractivity (Wildman–Crippen MR) is 151 cm³/mol. The van der Waals surface area contributed by atoms with E-state index in [0.717, 1.165) is 16.7 Å². The highest BCUT2D eigenvalue weighted by Crippen LogP contribution is 2.44. The Morgan fingerprint density at radius 2 is 1.77 bits per heavy atom. The predicted octanol–water partition coefficient (Wildman–Crippen LogP) is 4.26. The molecule has 2 amide bonds. The number of rotatable bonds is 7. The van der Waals surface area contributed by atoms with Crippen LogP contribution in [0.4, 0.5) is 5.82 Å². The van der Waals surface area contributed by atoms with E-state index in [0.29, 0.717) is 12.2 Å². The lowest BCUT2D eigenvalue weighted by Gasteiger charge is -2.42. The number of carbonyl (C=O) groups excluding carboxylic acids is 2. The topological polar surface area (TPSA) is 155 Å². The van der Waals surface area contributed by atoms with Gasteiger partial charge in [0.25, 0.3) is 5.91 Å². The maximum absolute atomic E-state index is 14.4. The molecule has 40 heavy (non-hydrogen) atoms. The van der Waals surface area contributed by atoms with Gasteiger partial charge in [-0.25, -0.2) is 14.8 Å². The number of primary amides is 1. The molecular weight excluding hydrogens is 530 g/mol. The van der Waals surface area contributed by atoms with Crippen LogP contribution in [0.5, 0.6) is 11.6 Å². The number of anilines is 1. The number of nitrogens with zero attached hydrogens (tertiary/aromatic N) is 3. The minimum atomic E-state index is -4.49. The summed E-state index contributed by atoms with van der Waals surface area (Å²) in [7, 11) is -4.49. The van der Waals surface area contributed by atoms with Crippen molar-refractivity contribution in [1.29, 1.82) is 0 Å². The lowest BCUT2D eigenvalue weighted by Crippen LogP contribution is -2.61. The molecule has 3 aromatic rings. The number of sulfonamides is 1. The van der Waals surface area contributed by atoms with Crippen LogP contribution in [-0.4, -0.2) is 40.6 Å². The van der Waals surface area contributed by atoms with E-state index in [-0.39, 0.29) is 34.4 Å². The first-order chi connectivity index (χ1) is 18.8. The average Bonchev–Trinajstić information content (AvgIpc) is 2.89. The van der Waals surface area contributed by atoms with Gasteiger partial charge in [0, 0.05) is 18.2 Å². The van der Waals surface area contributed by atoms with E-state index >= 15 is 0 Å². The number of nitrogens with two attached hydrogens (primary N) is 2. The number of pyridine rings is 2. The number of ether oxygens (including phenoxy) is 1. The Bertz CT molecular complexity index is 1610. The van der Waals surface area contributed by atoms with Crippen LogP contribution >= 0.6 is 0 Å². The third kappa shape index (κ3) is 4.86. The van der Waals surface area contributed by atoms with Crippen molar-refractivity contribution in [2.45, 2.75) is 52.1 Å². The standard InChI is InChI=1S/C29H33N5O5S/c1-17(2)29(36)34(40(37,38)24-11-8-10-23(30)33-24)14-7-6-9-22(34)21-12-13-32-28(25(21)27(31)35)39-26-19(4)15-18(3)16-20(26)5/h6,8-13,15-17,22H,7,14H2,1-5H3,(H3-,30,31,33,35)/p+1. The second-order valence-electron chi connectivity index (χ2n) is 10.3. The van der Waals surface area contributed by atoms with Crippen LogP contribution < -0.4 is 16.2 Å². The Morgan fingerprint density at radius 3 is 2.38 bits per heavy atom. The molecule has 3 heterocycles. The number of quaternary nitrogens is 1. The third-order valence-electron chi connectivity index (χ3n) is 7.02. The van der Waals surface area contributed by atoms with Gasteiger partial charge in [0.05, 0.1) is 5.92 Å². The second kappa shape index (κ2) is 10.8. The van der Waals surface area contributed by atoms with E-state index in [4.69, 9.17) is 16.2 Å². The van der Waals surface area contributed by atoms with Crippen molar-refractivity contribution in [2.75, 3.05) is 12.3 Å². The van der Waals surface area contributed by atoms with Crippen molar-refractivity contribution in [3.05, 3.63) is 82.6 Å². The number of aromatic nitrogens is 2. The molecule has 0 bridgehead atoms. The highest BCUT2D eigenvalue weighted by molar-refractivity contribution is 7.86. The highest BCUT2D eigenvalue weighted by Gasteiger charge is 2.58. The summed E-state index contributed by atoms with van der Waals surface area (Å²) in [4.78, 5) is 35.4. The molecule has 0 saturated carbocycles. The summed E-state index contributed by atoms with van der Waals surface area (Å²) in [6, 6.07) is 8.50. The fourth-order valence-corrected chi connectivity index (χ4v) is 7.45. The van der Waals surface area contributed by atoms with Gasteiger partial charge < -0.3 is 16.2 Å². The first-order valence-electron chi connectivity index (χ1n) is 12.9. The van der Waals surface area contributed by atoms with E-state index in [1.807, 2.05) is 32.9 Å². The van der Waals surface area contributed by atoms with Crippen LogP contribution in [0.25, 0.3) is 0 Å². The smallest absolute Gasteiger partial charge is 0.352 e. The molecule has 0 aliphatic carbocycles. The number of benzene rings is 1. The highest BCUT2D eigenvalue weighted by atomic mass is 32.2. The summed E-state index contributed by atoms with van der Waals surface area (Å²) < 4.78 is 34.0. The fraction of sp³-hybridized carbons (Fsp3) is 0.310. The number of hydrogen-bond acceptors (Lipinski definition) is 8. The van der Waals surface area contributed by atoms with Crippen LogP contribution in [0.3, 0.4) is 0 Å². The van der Waals surface area contributed by atoms with E-state index in [9.17, 15) is 18.0 Å². The molecule has 0 fully saturated rings. The first kappa shape index (κ1) is 28.9. The molecule has 1 aromatic carbocycles. The van der Waals surface area contributed by atoms with E-state index in [1.54, 1.807) is 26.0 Å². The van der Waals surface area contributed by atoms with Crippen molar-refractivity contribution >= 4 is 27.7 Å². The lowest BCUT2D eigenvalue weighted by atomic mass is 9.95. The summed E-state index contributed by atoms with van der Waals surface area (Å²) in [5.74, 6) is -1.66. The summed E-state index contributed by atoms with van der Waals surface area (Å²) in [6.45, 7) is 8.91. The maximum Gasteiger partial charge on any atom is 0.352 e. The Morgan fingerprint density at radius 1 is 1.10 bits per heavy atom. The zero-order valence-electron chi connectivity index (χ0n) is 23.2. The van der Waals surface area contributed by atoms with E-state index in [2.05, 4.69) is 9.97 Å². The largest absolute Gasteiger partial charge is 0.438 e. The first-order valence-corrected chi connectivity index (χ1v) is 14.4.